The number of nitrogens with one attached hydrogen (secondary N) is 1. The molecule has 1 atom stereocenters. The smallest absolute Gasteiger partial charge is 0.230 e. The van der Waals surface area contributed by atoms with Gasteiger partial charge in [-0.25, -0.2) is 4.39 Å². The minimum atomic E-state index is -0.520. The zero-order valence-electron chi connectivity index (χ0n) is 14.1. The highest BCUT2D eigenvalue weighted by molar-refractivity contribution is 5.89. The average Bonchev–Trinajstić information content (AvgIpc) is 3.02. The standard InChI is InChI=1S/C19H23FN2O2/c1-22(2)16(17-5-3-12-24-17)13-21-18(23)19(10-4-11-19)14-6-8-15(20)9-7-14/h3,5-9,12,16H,4,10-11,13H2,1-2H3,(H,21,23). The Morgan fingerprint density at radius 3 is 2.50 bits per heavy atom. The van der Waals surface area contributed by atoms with Gasteiger partial charge in [-0.15, -0.1) is 0 Å². The highest BCUT2D eigenvalue weighted by Gasteiger charge is 2.45. The maximum atomic E-state index is 13.2. The lowest BCUT2D eigenvalue weighted by Crippen LogP contribution is -2.50. The molecular formula is C19H23FN2O2. The van der Waals surface area contributed by atoms with E-state index in [4.69, 9.17) is 4.42 Å². The van der Waals surface area contributed by atoms with Gasteiger partial charge in [0.1, 0.15) is 11.6 Å². The third kappa shape index (κ3) is 3.08. The van der Waals surface area contributed by atoms with E-state index in [1.165, 1.54) is 12.1 Å². The Hall–Kier alpha value is -2.14. The highest BCUT2D eigenvalue weighted by Crippen LogP contribution is 2.44. The Morgan fingerprint density at radius 1 is 1.29 bits per heavy atom. The normalized spacial score (nSPS) is 17.3. The summed E-state index contributed by atoms with van der Waals surface area (Å²) in [6.07, 6.45) is 4.26. The van der Waals surface area contributed by atoms with Crippen molar-refractivity contribution in [3.63, 3.8) is 0 Å². The van der Waals surface area contributed by atoms with Crippen LogP contribution in [0.3, 0.4) is 0 Å². The van der Waals surface area contributed by atoms with Gasteiger partial charge in [-0.3, -0.25) is 9.69 Å². The first kappa shape index (κ1) is 16.7. The molecule has 1 aromatic heterocycles. The number of halogens is 1. The average molecular weight is 330 g/mol. The topological polar surface area (TPSA) is 45.5 Å². The fourth-order valence-electron chi connectivity index (χ4n) is 3.32. The molecule has 1 aromatic carbocycles. The van der Waals surface area contributed by atoms with Crippen molar-refractivity contribution >= 4 is 5.91 Å². The molecule has 0 radical (unpaired) electrons. The molecule has 0 aliphatic heterocycles. The second-order valence-corrected chi connectivity index (χ2v) is 6.65. The van der Waals surface area contributed by atoms with Crippen molar-refractivity contribution in [2.45, 2.75) is 30.7 Å². The van der Waals surface area contributed by atoms with Gasteiger partial charge in [0.05, 0.1) is 17.7 Å². The van der Waals surface area contributed by atoms with Gasteiger partial charge < -0.3 is 9.73 Å². The molecule has 3 rings (SSSR count). The monoisotopic (exact) mass is 330 g/mol. The number of carbonyl (C=O) groups is 1. The number of carbonyl (C=O) groups excluding carboxylic acids is 1. The number of likely N-dealkylation sites (N-methyl/N-ethyl adjacent to an activating group) is 1. The van der Waals surface area contributed by atoms with Crippen LogP contribution in [0.2, 0.25) is 0 Å². The van der Waals surface area contributed by atoms with Crippen molar-refractivity contribution in [1.29, 1.82) is 0 Å². The first-order chi connectivity index (χ1) is 11.5. The third-order valence-corrected chi connectivity index (χ3v) is 4.99. The number of benzene rings is 1. The van der Waals surface area contributed by atoms with Crippen LogP contribution in [0.4, 0.5) is 4.39 Å². The first-order valence-electron chi connectivity index (χ1n) is 8.27. The fraction of sp³-hybridized carbons (Fsp3) is 0.421. The van der Waals surface area contributed by atoms with E-state index >= 15 is 0 Å². The zero-order valence-corrected chi connectivity index (χ0v) is 14.1. The van der Waals surface area contributed by atoms with Gasteiger partial charge in [-0.1, -0.05) is 18.6 Å². The number of rotatable bonds is 6. The van der Waals surface area contributed by atoms with E-state index in [1.807, 2.05) is 31.1 Å². The molecule has 1 fully saturated rings. The van der Waals surface area contributed by atoms with E-state index < -0.39 is 5.41 Å². The van der Waals surface area contributed by atoms with Crippen LogP contribution >= 0.6 is 0 Å². The van der Waals surface area contributed by atoms with E-state index in [9.17, 15) is 9.18 Å². The summed E-state index contributed by atoms with van der Waals surface area (Å²) >= 11 is 0. The van der Waals surface area contributed by atoms with Gasteiger partial charge in [0.25, 0.3) is 0 Å². The molecule has 1 aliphatic rings. The molecule has 4 nitrogen and oxygen atoms in total. The Labute approximate surface area is 141 Å². The molecule has 2 aromatic rings. The van der Waals surface area contributed by atoms with Crippen molar-refractivity contribution in [3.05, 3.63) is 59.8 Å². The second kappa shape index (κ2) is 6.77. The quantitative estimate of drug-likeness (QED) is 0.884. The maximum absolute atomic E-state index is 13.2. The van der Waals surface area contributed by atoms with Gasteiger partial charge in [-0.2, -0.15) is 0 Å². The number of amides is 1. The first-order valence-corrected chi connectivity index (χ1v) is 8.27. The zero-order chi connectivity index (χ0) is 17.2. The Bertz CT molecular complexity index is 676. The number of furan rings is 1. The molecule has 1 N–H and O–H groups in total. The van der Waals surface area contributed by atoms with Crippen molar-refractivity contribution < 1.29 is 13.6 Å². The van der Waals surface area contributed by atoms with E-state index in [0.29, 0.717) is 6.54 Å². The summed E-state index contributed by atoms with van der Waals surface area (Å²) in [5, 5.41) is 3.07. The third-order valence-electron chi connectivity index (χ3n) is 4.99. The van der Waals surface area contributed by atoms with E-state index in [1.54, 1.807) is 18.4 Å². The van der Waals surface area contributed by atoms with Gasteiger partial charge in [0, 0.05) is 6.54 Å². The molecule has 1 aliphatic carbocycles. The fourth-order valence-corrected chi connectivity index (χ4v) is 3.32. The number of hydrogen-bond acceptors (Lipinski definition) is 3. The molecular weight excluding hydrogens is 307 g/mol. The van der Waals surface area contributed by atoms with Crippen molar-refractivity contribution in [2.75, 3.05) is 20.6 Å². The highest BCUT2D eigenvalue weighted by atomic mass is 19.1. The Kier molecular flexibility index (Phi) is 4.71. The largest absolute Gasteiger partial charge is 0.468 e. The molecule has 1 heterocycles. The van der Waals surface area contributed by atoms with Crippen LogP contribution < -0.4 is 5.32 Å². The van der Waals surface area contributed by atoms with Crippen molar-refractivity contribution in [2.24, 2.45) is 0 Å². The molecule has 24 heavy (non-hydrogen) atoms. The predicted octanol–water partition coefficient (Wildman–Crippen LogP) is 3.26. The van der Waals surface area contributed by atoms with Gasteiger partial charge >= 0.3 is 0 Å². The SMILES string of the molecule is CN(C)C(CNC(=O)C1(c2ccc(F)cc2)CCC1)c1ccco1. The molecule has 128 valence electrons. The Balaban J connectivity index is 1.72. The van der Waals surface area contributed by atoms with Crippen molar-refractivity contribution in [3.8, 4) is 0 Å². The summed E-state index contributed by atoms with van der Waals surface area (Å²) in [4.78, 5) is 14.9. The number of nitrogens with zero attached hydrogens (tertiary/aromatic N) is 1. The van der Waals surface area contributed by atoms with Crippen LogP contribution in [0.1, 0.15) is 36.6 Å². The molecule has 0 saturated heterocycles. The molecule has 0 spiro atoms. The van der Waals surface area contributed by atoms with Crippen LogP contribution in [0.25, 0.3) is 0 Å². The van der Waals surface area contributed by atoms with Gasteiger partial charge in [0.2, 0.25) is 5.91 Å². The van der Waals surface area contributed by atoms with Crippen LogP contribution in [-0.4, -0.2) is 31.4 Å². The summed E-state index contributed by atoms with van der Waals surface area (Å²) in [5.74, 6) is 0.558. The lowest BCUT2D eigenvalue weighted by atomic mass is 9.64. The predicted molar refractivity (Wildman–Crippen MR) is 90.1 cm³/mol. The molecule has 1 saturated carbocycles. The van der Waals surface area contributed by atoms with Crippen LogP contribution in [0.15, 0.2) is 47.1 Å². The molecule has 0 bridgehead atoms. The minimum Gasteiger partial charge on any atom is -0.468 e. The van der Waals surface area contributed by atoms with Crippen LogP contribution in [0.5, 0.6) is 0 Å². The van der Waals surface area contributed by atoms with E-state index in [0.717, 1.165) is 30.6 Å². The molecule has 5 heteroatoms. The van der Waals surface area contributed by atoms with Crippen LogP contribution in [-0.2, 0) is 10.2 Å². The summed E-state index contributed by atoms with van der Waals surface area (Å²) < 4.78 is 18.7. The Morgan fingerprint density at radius 2 is 2.00 bits per heavy atom. The van der Waals surface area contributed by atoms with Gasteiger partial charge in [-0.05, 0) is 56.8 Å². The summed E-state index contributed by atoms with van der Waals surface area (Å²) in [5.41, 5.74) is 0.375. The van der Waals surface area contributed by atoms with Crippen LogP contribution in [0, 0.1) is 5.82 Å². The maximum Gasteiger partial charge on any atom is 0.230 e. The van der Waals surface area contributed by atoms with E-state index in [2.05, 4.69) is 5.32 Å². The molecule has 1 amide bonds. The summed E-state index contributed by atoms with van der Waals surface area (Å²) in [6, 6.07) is 10.0. The van der Waals surface area contributed by atoms with Gasteiger partial charge in [0.15, 0.2) is 0 Å². The summed E-state index contributed by atoms with van der Waals surface area (Å²) in [6.45, 7) is 0.474. The van der Waals surface area contributed by atoms with E-state index in [-0.39, 0.29) is 17.8 Å². The lowest BCUT2D eigenvalue weighted by molar-refractivity contribution is -0.130. The van der Waals surface area contributed by atoms with Crippen molar-refractivity contribution in [1.82, 2.24) is 10.2 Å². The lowest BCUT2D eigenvalue weighted by Gasteiger charge is -2.41. The molecule has 1 unspecified atom stereocenters. The minimum absolute atomic E-state index is 0.0127. The second-order valence-electron chi connectivity index (χ2n) is 6.65. The summed E-state index contributed by atoms with van der Waals surface area (Å²) in [7, 11) is 3.91. The number of hydrogen-bond donors (Lipinski definition) is 1.